The molecule has 0 unspecified atom stereocenters. The number of rotatable bonds is 7. The average Bonchev–Trinajstić information content (AvgIpc) is 3.14. The standard InChI is InChI=1S/C18H15ClN4O3/c19-15-8-6-14(7-9-15)18-20-22-23(21-18)11-10-17(25)26-12-16(24)13-4-2-1-3-5-13/h1-9H,10-12H2. The molecule has 0 bridgehead atoms. The molecule has 0 aliphatic carbocycles. The van der Waals surface area contributed by atoms with Crippen LogP contribution in [-0.2, 0) is 16.1 Å². The van der Waals surface area contributed by atoms with Crippen molar-refractivity contribution in [2.45, 2.75) is 13.0 Å². The first kappa shape index (κ1) is 17.8. The molecule has 0 radical (unpaired) electrons. The fourth-order valence-electron chi connectivity index (χ4n) is 2.17. The van der Waals surface area contributed by atoms with Crippen LogP contribution >= 0.6 is 11.6 Å². The predicted molar refractivity (Wildman–Crippen MR) is 94.6 cm³/mol. The second-order valence-corrected chi connectivity index (χ2v) is 5.85. The summed E-state index contributed by atoms with van der Waals surface area (Å²) in [5.74, 6) is -0.309. The molecule has 2 aromatic carbocycles. The Labute approximate surface area is 154 Å². The Morgan fingerprint density at radius 2 is 1.77 bits per heavy atom. The third kappa shape index (κ3) is 4.73. The van der Waals surface area contributed by atoms with E-state index in [1.165, 1.54) is 4.80 Å². The average molecular weight is 371 g/mol. The summed E-state index contributed by atoms with van der Waals surface area (Å²) in [6, 6.07) is 15.7. The molecule has 26 heavy (non-hydrogen) atoms. The van der Waals surface area contributed by atoms with Crippen molar-refractivity contribution in [2.75, 3.05) is 6.61 Å². The molecule has 3 aromatic rings. The molecule has 0 amide bonds. The summed E-state index contributed by atoms with van der Waals surface area (Å²) < 4.78 is 4.99. The number of carbonyl (C=O) groups is 2. The van der Waals surface area contributed by atoms with E-state index in [0.29, 0.717) is 16.4 Å². The molecule has 1 heterocycles. The minimum Gasteiger partial charge on any atom is -0.457 e. The van der Waals surface area contributed by atoms with Crippen LogP contribution in [0.2, 0.25) is 5.02 Å². The van der Waals surface area contributed by atoms with Crippen molar-refractivity contribution in [2.24, 2.45) is 0 Å². The largest absolute Gasteiger partial charge is 0.457 e. The Hall–Kier alpha value is -3.06. The fraction of sp³-hybridized carbons (Fsp3) is 0.167. The van der Waals surface area contributed by atoms with Crippen LogP contribution in [0.3, 0.4) is 0 Å². The van der Waals surface area contributed by atoms with Gasteiger partial charge in [0.1, 0.15) is 0 Å². The van der Waals surface area contributed by atoms with E-state index in [1.807, 2.05) is 6.07 Å². The van der Waals surface area contributed by atoms with Gasteiger partial charge in [-0.25, -0.2) is 0 Å². The zero-order valence-corrected chi connectivity index (χ0v) is 14.5. The predicted octanol–water partition coefficient (Wildman–Crippen LogP) is 2.81. The van der Waals surface area contributed by atoms with E-state index in [9.17, 15) is 9.59 Å². The third-order valence-corrected chi connectivity index (χ3v) is 3.78. The number of carbonyl (C=O) groups excluding carboxylic acids is 2. The van der Waals surface area contributed by atoms with Crippen LogP contribution < -0.4 is 0 Å². The van der Waals surface area contributed by atoms with E-state index in [4.69, 9.17) is 16.3 Å². The van der Waals surface area contributed by atoms with Crippen LogP contribution in [0.4, 0.5) is 0 Å². The first-order valence-corrected chi connectivity index (χ1v) is 8.27. The Morgan fingerprint density at radius 3 is 2.50 bits per heavy atom. The van der Waals surface area contributed by atoms with Crippen LogP contribution in [-0.4, -0.2) is 38.6 Å². The number of nitrogens with zero attached hydrogens (tertiary/aromatic N) is 4. The number of ketones is 1. The number of halogens is 1. The summed E-state index contributed by atoms with van der Waals surface area (Å²) >= 11 is 5.84. The molecular formula is C18H15ClN4O3. The van der Waals surface area contributed by atoms with E-state index in [-0.39, 0.29) is 25.4 Å². The normalized spacial score (nSPS) is 10.5. The van der Waals surface area contributed by atoms with Crippen molar-refractivity contribution >= 4 is 23.4 Å². The number of hydrogen-bond donors (Lipinski definition) is 0. The number of ether oxygens (including phenoxy) is 1. The van der Waals surface area contributed by atoms with Crippen molar-refractivity contribution in [1.29, 1.82) is 0 Å². The Bertz CT molecular complexity index is 894. The first-order chi connectivity index (χ1) is 12.6. The van der Waals surface area contributed by atoms with Crippen molar-refractivity contribution < 1.29 is 14.3 Å². The quantitative estimate of drug-likeness (QED) is 0.469. The van der Waals surface area contributed by atoms with Crippen LogP contribution in [0.15, 0.2) is 54.6 Å². The van der Waals surface area contributed by atoms with E-state index in [2.05, 4.69) is 15.4 Å². The zero-order chi connectivity index (χ0) is 18.4. The van der Waals surface area contributed by atoms with Crippen molar-refractivity contribution in [3.8, 4) is 11.4 Å². The molecule has 0 atom stereocenters. The molecule has 0 saturated carbocycles. The molecule has 0 spiro atoms. The van der Waals surface area contributed by atoms with Crippen molar-refractivity contribution in [1.82, 2.24) is 20.2 Å². The van der Waals surface area contributed by atoms with E-state index in [0.717, 1.165) is 5.56 Å². The van der Waals surface area contributed by atoms with Gasteiger partial charge in [-0.05, 0) is 29.5 Å². The van der Waals surface area contributed by atoms with Gasteiger partial charge in [-0.15, -0.1) is 10.2 Å². The van der Waals surface area contributed by atoms with Gasteiger partial charge in [0.2, 0.25) is 5.82 Å². The molecular weight excluding hydrogens is 356 g/mol. The highest BCUT2D eigenvalue weighted by Gasteiger charge is 2.11. The number of esters is 1. The molecule has 7 nitrogen and oxygen atoms in total. The lowest BCUT2D eigenvalue weighted by Gasteiger charge is -2.04. The van der Waals surface area contributed by atoms with Crippen molar-refractivity contribution in [3.05, 3.63) is 65.2 Å². The molecule has 0 aliphatic rings. The van der Waals surface area contributed by atoms with Crippen LogP contribution in [0.5, 0.6) is 0 Å². The fourth-order valence-corrected chi connectivity index (χ4v) is 2.30. The maximum atomic E-state index is 11.9. The second kappa shape index (κ2) is 8.35. The van der Waals surface area contributed by atoms with Gasteiger partial charge in [0.15, 0.2) is 12.4 Å². The van der Waals surface area contributed by atoms with E-state index in [1.54, 1.807) is 48.5 Å². The number of Topliss-reactive ketones (excluding diaryl/α,β-unsaturated/α-hetero) is 1. The number of hydrogen-bond acceptors (Lipinski definition) is 6. The highest BCUT2D eigenvalue weighted by Crippen LogP contribution is 2.16. The van der Waals surface area contributed by atoms with Crippen molar-refractivity contribution in [3.63, 3.8) is 0 Å². The van der Waals surface area contributed by atoms with Crippen LogP contribution in [0.25, 0.3) is 11.4 Å². The summed E-state index contributed by atoms with van der Waals surface area (Å²) in [6.45, 7) is -0.0807. The zero-order valence-electron chi connectivity index (χ0n) is 13.7. The Morgan fingerprint density at radius 1 is 1.04 bits per heavy atom. The number of tetrazole rings is 1. The number of aryl methyl sites for hydroxylation is 1. The SMILES string of the molecule is O=C(CCn1nnc(-c2ccc(Cl)cc2)n1)OCC(=O)c1ccccc1. The monoisotopic (exact) mass is 370 g/mol. The number of aromatic nitrogens is 4. The highest BCUT2D eigenvalue weighted by atomic mass is 35.5. The summed E-state index contributed by atoms with van der Waals surface area (Å²) in [7, 11) is 0. The lowest BCUT2D eigenvalue weighted by atomic mass is 10.1. The van der Waals surface area contributed by atoms with Gasteiger partial charge in [0.05, 0.1) is 13.0 Å². The summed E-state index contributed by atoms with van der Waals surface area (Å²) in [5, 5.41) is 12.7. The van der Waals surface area contributed by atoms with Gasteiger partial charge in [0, 0.05) is 16.1 Å². The highest BCUT2D eigenvalue weighted by molar-refractivity contribution is 6.30. The van der Waals surface area contributed by atoms with Gasteiger partial charge >= 0.3 is 5.97 Å². The van der Waals surface area contributed by atoms with Gasteiger partial charge in [-0.1, -0.05) is 41.9 Å². The molecule has 0 aliphatic heterocycles. The van der Waals surface area contributed by atoms with E-state index >= 15 is 0 Å². The molecule has 1 aromatic heterocycles. The number of benzene rings is 2. The van der Waals surface area contributed by atoms with Gasteiger partial charge in [-0.3, -0.25) is 9.59 Å². The first-order valence-electron chi connectivity index (χ1n) is 7.89. The summed E-state index contributed by atoms with van der Waals surface area (Å²) in [5.41, 5.74) is 1.28. The van der Waals surface area contributed by atoms with Crippen LogP contribution in [0.1, 0.15) is 16.8 Å². The smallest absolute Gasteiger partial charge is 0.308 e. The Kier molecular flexibility index (Phi) is 5.70. The lowest BCUT2D eigenvalue weighted by Crippen LogP contribution is -2.16. The van der Waals surface area contributed by atoms with Gasteiger partial charge in [0.25, 0.3) is 0 Å². The van der Waals surface area contributed by atoms with Gasteiger partial charge < -0.3 is 4.74 Å². The maximum absolute atomic E-state index is 11.9. The molecule has 0 fully saturated rings. The molecule has 0 saturated heterocycles. The Balaban J connectivity index is 1.47. The van der Waals surface area contributed by atoms with Gasteiger partial charge in [-0.2, -0.15) is 4.80 Å². The molecule has 3 rings (SSSR count). The summed E-state index contributed by atoms with van der Waals surface area (Å²) in [4.78, 5) is 25.0. The molecule has 0 N–H and O–H groups in total. The third-order valence-electron chi connectivity index (χ3n) is 3.53. The molecule has 132 valence electrons. The van der Waals surface area contributed by atoms with E-state index < -0.39 is 5.97 Å². The lowest BCUT2D eigenvalue weighted by molar-refractivity contribution is -0.142. The van der Waals surface area contributed by atoms with Crippen LogP contribution in [0, 0.1) is 0 Å². The summed E-state index contributed by atoms with van der Waals surface area (Å²) in [6.07, 6.45) is 0.0402. The minimum absolute atomic E-state index is 0.0402. The topological polar surface area (TPSA) is 87.0 Å². The second-order valence-electron chi connectivity index (χ2n) is 5.42. The molecule has 8 heteroatoms. The maximum Gasteiger partial charge on any atom is 0.308 e. The minimum atomic E-state index is -0.500.